The van der Waals surface area contributed by atoms with E-state index in [-0.39, 0.29) is 5.91 Å². The van der Waals surface area contributed by atoms with Crippen LogP contribution in [0.3, 0.4) is 0 Å². The number of carbonyl (C=O) groups excluding carboxylic acids is 1. The number of para-hydroxylation sites is 1. The standard InChI is InChI=1S/C19H23N5O3/c1-13-17(19(2,3)26)22-16(27-13)9-12-23(4)18(25)14-7-5-6-8-15(14)24-20-10-11-21-24/h5-8,10-11,26H,9,12H2,1-4H3. The molecule has 3 rings (SSSR count). The smallest absolute Gasteiger partial charge is 0.255 e. The quantitative estimate of drug-likeness (QED) is 0.715. The Bertz CT molecular complexity index is 925. The molecule has 0 radical (unpaired) electrons. The molecule has 1 amide bonds. The largest absolute Gasteiger partial charge is 0.446 e. The summed E-state index contributed by atoms with van der Waals surface area (Å²) in [6, 6.07) is 7.19. The zero-order valence-corrected chi connectivity index (χ0v) is 15.9. The number of benzene rings is 1. The lowest BCUT2D eigenvalue weighted by molar-refractivity contribution is 0.0726. The number of likely N-dealkylation sites (N-methyl/N-ethyl adjacent to an activating group) is 1. The Morgan fingerprint density at radius 1 is 1.26 bits per heavy atom. The Labute approximate surface area is 157 Å². The molecule has 2 aromatic heterocycles. The molecular formula is C19H23N5O3. The summed E-state index contributed by atoms with van der Waals surface area (Å²) in [7, 11) is 1.72. The third-order valence-electron chi connectivity index (χ3n) is 4.20. The van der Waals surface area contributed by atoms with Crippen molar-refractivity contribution >= 4 is 5.91 Å². The molecule has 27 heavy (non-hydrogen) atoms. The van der Waals surface area contributed by atoms with Gasteiger partial charge in [-0.25, -0.2) is 4.98 Å². The van der Waals surface area contributed by atoms with Gasteiger partial charge in [0.2, 0.25) is 0 Å². The normalized spacial score (nSPS) is 11.6. The Morgan fingerprint density at radius 3 is 2.56 bits per heavy atom. The van der Waals surface area contributed by atoms with Crippen molar-refractivity contribution in [2.45, 2.75) is 32.8 Å². The minimum atomic E-state index is -1.07. The number of aryl methyl sites for hydroxylation is 1. The fourth-order valence-electron chi connectivity index (χ4n) is 2.87. The van der Waals surface area contributed by atoms with E-state index >= 15 is 0 Å². The van der Waals surface area contributed by atoms with Crippen LogP contribution in [0.5, 0.6) is 0 Å². The van der Waals surface area contributed by atoms with E-state index in [0.717, 1.165) is 0 Å². The predicted molar refractivity (Wildman–Crippen MR) is 98.5 cm³/mol. The van der Waals surface area contributed by atoms with Gasteiger partial charge in [0.1, 0.15) is 17.1 Å². The van der Waals surface area contributed by atoms with Crippen molar-refractivity contribution in [3.63, 3.8) is 0 Å². The molecule has 0 saturated carbocycles. The fourth-order valence-corrected chi connectivity index (χ4v) is 2.87. The molecule has 3 aromatic rings. The second kappa shape index (κ2) is 7.32. The molecule has 8 nitrogen and oxygen atoms in total. The van der Waals surface area contributed by atoms with Gasteiger partial charge in [0.25, 0.3) is 5.91 Å². The van der Waals surface area contributed by atoms with Crippen LogP contribution in [0.15, 0.2) is 41.1 Å². The number of rotatable bonds is 6. The van der Waals surface area contributed by atoms with E-state index in [1.54, 1.807) is 63.3 Å². The van der Waals surface area contributed by atoms with Gasteiger partial charge in [-0.15, -0.1) is 0 Å². The van der Waals surface area contributed by atoms with Crippen molar-refractivity contribution in [3.8, 4) is 5.69 Å². The Hall–Kier alpha value is -3.00. The van der Waals surface area contributed by atoms with Crippen LogP contribution in [0.1, 0.15) is 41.6 Å². The van der Waals surface area contributed by atoms with Gasteiger partial charge in [0, 0.05) is 20.0 Å². The minimum absolute atomic E-state index is 0.145. The summed E-state index contributed by atoms with van der Waals surface area (Å²) in [4.78, 5) is 20.3. The van der Waals surface area contributed by atoms with Crippen LogP contribution >= 0.6 is 0 Å². The van der Waals surface area contributed by atoms with Crippen molar-refractivity contribution in [3.05, 3.63) is 59.6 Å². The summed E-state index contributed by atoms with van der Waals surface area (Å²) >= 11 is 0. The van der Waals surface area contributed by atoms with Gasteiger partial charge in [-0.2, -0.15) is 15.0 Å². The average Bonchev–Trinajstić information content (AvgIpc) is 3.28. The molecule has 1 N–H and O–H groups in total. The number of oxazole rings is 1. The van der Waals surface area contributed by atoms with Gasteiger partial charge in [-0.3, -0.25) is 4.79 Å². The zero-order chi connectivity index (χ0) is 19.6. The van der Waals surface area contributed by atoms with Crippen LogP contribution in [-0.2, 0) is 12.0 Å². The molecule has 2 heterocycles. The monoisotopic (exact) mass is 369 g/mol. The van der Waals surface area contributed by atoms with Gasteiger partial charge in [0.15, 0.2) is 5.89 Å². The first-order valence-electron chi connectivity index (χ1n) is 8.67. The van der Waals surface area contributed by atoms with Crippen LogP contribution in [0.4, 0.5) is 0 Å². The van der Waals surface area contributed by atoms with E-state index in [1.165, 1.54) is 4.80 Å². The molecule has 0 aliphatic rings. The third kappa shape index (κ3) is 4.06. The lowest BCUT2D eigenvalue weighted by Crippen LogP contribution is -2.30. The van der Waals surface area contributed by atoms with Crippen molar-refractivity contribution in [1.29, 1.82) is 0 Å². The highest BCUT2D eigenvalue weighted by atomic mass is 16.4. The van der Waals surface area contributed by atoms with Crippen molar-refractivity contribution in [2.75, 3.05) is 13.6 Å². The SMILES string of the molecule is Cc1oc(CCN(C)C(=O)c2ccccc2-n2nccn2)nc1C(C)(C)O. The van der Waals surface area contributed by atoms with Crippen LogP contribution in [0.2, 0.25) is 0 Å². The summed E-state index contributed by atoms with van der Waals surface area (Å²) in [5.74, 6) is 0.932. The van der Waals surface area contributed by atoms with Crippen LogP contribution < -0.4 is 0 Å². The summed E-state index contributed by atoms with van der Waals surface area (Å²) in [5, 5.41) is 18.3. The molecule has 0 saturated heterocycles. The van der Waals surface area contributed by atoms with Crippen molar-refractivity contribution in [2.24, 2.45) is 0 Å². The highest BCUT2D eigenvalue weighted by Crippen LogP contribution is 2.23. The number of amides is 1. The number of nitrogens with zero attached hydrogens (tertiary/aromatic N) is 5. The van der Waals surface area contributed by atoms with Crippen molar-refractivity contribution in [1.82, 2.24) is 24.9 Å². The van der Waals surface area contributed by atoms with Gasteiger partial charge >= 0.3 is 0 Å². The van der Waals surface area contributed by atoms with E-state index in [1.807, 2.05) is 6.07 Å². The second-order valence-electron chi connectivity index (χ2n) is 6.88. The lowest BCUT2D eigenvalue weighted by atomic mass is 10.0. The first-order valence-corrected chi connectivity index (χ1v) is 8.67. The summed E-state index contributed by atoms with van der Waals surface area (Å²) < 4.78 is 5.63. The average molecular weight is 369 g/mol. The second-order valence-corrected chi connectivity index (χ2v) is 6.88. The maximum Gasteiger partial charge on any atom is 0.255 e. The number of carbonyl (C=O) groups is 1. The van der Waals surface area contributed by atoms with E-state index in [9.17, 15) is 9.90 Å². The molecule has 0 atom stereocenters. The minimum Gasteiger partial charge on any atom is -0.446 e. The predicted octanol–water partition coefficient (Wildman–Crippen LogP) is 2.11. The summed E-state index contributed by atoms with van der Waals surface area (Å²) in [5.41, 5.74) is 0.581. The summed E-state index contributed by atoms with van der Waals surface area (Å²) in [6.07, 6.45) is 3.58. The maximum absolute atomic E-state index is 12.9. The Kier molecular flexibility index (Phi) is 5.09. The Balaban J connectivity index is 1.73. The molecular weight excluding hydrogens is 346 g/mol. The highest BCUT2D eigenvalue weighted by Gasteiger charge is 2.25. The van der Waals surface area contributed by atoms with Crippen molar-refractivity contribution < 1.29 is 14.3 Å². The number of aliphatic hydroxyl groups is 1. The lowest BCUT2D eigenvalue weighted by Gasteiger charge is -2.18. The van der Waals surface area contributed by atoms with Gasteiger partial charge in [-0.1, -0.05) is 12.1 Å². The van der Waals surface area contributed by atoms with Crippen LogP contribution in [0.25, 0.3) is 5.69 Å². The van der Waals surface area contributed by atoms with E-state index in [4.69, 9.17) is 4.42 Å². The first kappa shape index (κ1) is 18.8. The van der Waals surface area contributed by atoms with Crippen LogP contribution in [0, 0.1) is 6.92 Å². The molecule has 142 valence electrons. The summed E-state index contributed by atoms with van der Waals surface area (Å²) in [6.45, 7) is 5.52. The van der Waals surface area contributed by atoms with Gasteiger partial charge in [0.05, 0.1) is 23.6 Å². The van der Waals surface area contributed by atoms with E-state index < -0.39 is 5.60 Å². The highest BCUT2D eigenvalue weighted by molar-refractivity contribution is 5.97. The molecule has 0 unspecified atom stereocenters. The van der Waals surface area contributed by atoms with E-state index in [0.29, 0.717) is 41.6 Å². The topological polar surface area (TPSA) is 97.3 Å². The third-order valence-corrected chi connectivity index (χ3v) is 4.20. The van der Waals surface area contributed by atoms with Crippen LogP contribution in [-0.4, -0.2) is 49.5 Å². The molecule has 1 aromatic carbocycles. The molecule has 0 aliphatic carbocycles. The zero-order valence-electron chi connectivity index (χ0n) is 15.9. The molecule has 8 heteroatoms. The maximum atomic E-state index is 12.9. The Morgan fingerprint density at radius 2 is 1.93 bits per heavy atom. The molecule has 0 bridgehead atoms. The number of aromatic nitrogens is 4. The number of hydrogen-bond donors (Lipinski definition) is 1. The number of hydrogen-bond acceptors (Lipinski definition) is 6. The first-order chi connectivity index (χ1) is 12.8. The van der Waals surface area contributed by atoms with Gasteiger partial charge in [-0.05, 0) is 32.9 Å². The molecule has 0 aliphatic heterocycles. The molecule has 0 fully saturated rings. The fraction of sp³-hybridized carbons (Fsp3) is 0.368. The molecule has 0 spiro atoms. The van der Waals surface area contributed by atoms with E-state index in [2.05, 4.69) is 15.2 Å². The van der Waals surface area contributed by atoms with Gasteiger partial charge < -0.3 is 14.4 Å².